The van der Waals surface area contributed by atoms with Gasteiger partial charge in [-0.05, 0) is 87.1 Å². The van der Waals surface area contributed by atoms with Gasteiger partial charge in [0, 0.05) is 22.7 Å². The van der Waals surface area contributed by atoms with Crippen molar-refractivity contribution >= 4 is 52.6 Å². The number of halogens is 2. The molecule has 3 fully saturated rings. The topological polar surface area (TPSA) is 156 Å². The number of anilines is 1. The quantitative estimate of drug-likeness (QED) is 0.210. The van der Waals surface area contributed by atoms with Crippen LogP contribution in [0, 0.1) is 11.3 Å². The van der Waals surface area contributed by atoms with Crippen molar-refractivity contribution in [2.75, 3.05) is 4.90 Å². The number of pyridine rings is 1. The fourth-order valence-electron chi connectivity index (χ4n) is 6.43. The summed E-state index contributed by atoms with van der Waals surface area (Å²) in [5.41, 5.74) is -0.976. The summed E-state index contributed by atoms with van der Waals surface area (Å²) in [6, 6.07) is 16.7. The zero-order valence-corrected chi connectivity index (χ0v) is 28.9. The Morgan fingerprint density at radius 2 is 1.70 bits per heavy atom. The highest BCUT2D eigenvalue weighted by Gasteiger charge is 2.58. The summed E-state index contributed by atoms with van der Waals surface area (Å²) in [5.74, 6) is -2.20. The van der Waals surface area contributed by atoms with Crippen LogP contribution in [0.4, 0.5) is 5.69 Å². The van der Waals surface area contributed by atoms with Gasteiger partial charge in [-0.1, -0.05) is 54.9 Å². The monoisotopic (exact) mass is 712 g/mol. The van der Waals surface area contributed by atoms with Gasteiger partial charge in [0.25, 0.3) is 11.8 Å². The Balaban J connectivity index is 1.30. The maximum Gasteiger partial charge on any atom is 0.337 e. The van der Waals surface area contributed by atoms with Gasteiger partial charge in [-0.25, -0.2) is 4.79 Å². The lowest BCUT2D eigenvalue weighted by Crippen LogP contribution is -2.55. The number of nitrogens with zero attached hydrogens (tertiary/aromatic N) is 4. The maximum atomic E-state index is 14.5. The number of allylic oxidation sites excluding steroid dienone is 1. The largest absolute Gasteiger partial charge is 0.478 e. The van der Waals surface area contributed by atoms with Crippen LogP contribution in [0.1, 0.15) is 73.1 Å². The summed E-state index contributed by atoms with van der Waals surface area (Å²) < 4.78 is 0. The molecule has 0 bridgehead atoms. The van der Waals surface area contributed by atoms with E-state index in [4.69, 9.17) is 23.2 Å². The first kappa shape index (κ1) is 34.7. The Kier molecular flexibility index (Phi) is 8.97. The zero-order chi connectivity index (χ0) is 36.0. The molecule has 1 saturated heterocycles. The summed E-state index contributed by atoms with van der Waals surface area (Å²) in [5, 5.41) is 25.2. The second kappa shape index (κ2) is 12.9. The summed E-state index contributed by atoms with van der Waals surface area (Å²) in [4.78, 5) is 61.2. The molecule has 2 heterocycles. The van der Waals surface area contributed by atoms with Crippen LogP contribution >= 0.6 is 23.2 Å². The normalized spacial score (nSPS) is 20.3. The molecule has 1 unspecified atom stereocenters. The molecule has 0 spiro atoms. The van der Waals surface area contributed by atoms with E-state index in [0.29, 0.717) is 59.1 Å². The minimum absolute atomic E-state index is 0.0437. The number of hydrogen-bond acceptors (Lipinski definition) is 7. The van der Waals surface area contributed by atoms with E-state index in [1.807, 2.05) is 6.92 Å². The zero-order valence-electron chi connectivity index (χ0n) is 27.4. The molecule has 50 heavy (non-hydrogen) atoms. The number of aromatic carboxylic acids is 1. The molecule has 11 nitrogen and oxygen atoms in total. The first-order valence-electron chi connectivity index (χ1n) is 16.1. The number of nitrogens with one attached hydrogen (secondary N) is 2. The number of hydrogen-bond donors (Lipinski definition) is 3. The van der Waals surface area contributed by atoms with Crippen LogP contribution in [0.25, 0.3) is 0 Å². The summed E-state index contributed by atoms with van der Waals surface area (Å²) in [6.07, 6.45) is 5.59. The van der Waals surface area contributed by atoms with Gasteiger partial charge >= 0.3 is 5.97 Å². The van der Waals surface area contributed by atoms with Crippen LogP contribution in [-0.2, 0) is 26.3 Å². The van der Waals surface area contributed by atoms with E-state index >= 15 is 0 Å². The fraction of sp³-hybridized carbons (Fsp3) is 0.297. The number of rotatable bonds is 11. The lowest BCUT2D eigenvalue weighted by atomic mass is 9.90. The second-order valence-electron chi connectivity index (χ2n) is 13.1. The highest BCUT2D eigenvalue weighted by Crippen LogP contribution is 2.47. The third-order valence-electron chi connectivity index (χ3n) is 9.42. The van der Waals surface area contributed by atoms with Gasteiger partial charge in [-0.15, -0.1) is 0 Å². The van der Waals surface area contributed by atoms with Crippen LogP contribution in [0.5, 0.6) is 0 Å². The standard InChI is InChI=1S/C37H34Cl2N6O5/c1-4-5-29(31(46)42-37(14-15-37)33(49)43-36(12-13-36)30-11-10-25(21-41-30)32(47)48)45-22(2)44(28-17-26(38)16-27(39)18-28)34(50)35(45,3)19-23-6-8-24(20-40)9-7-23/h5-11,16-18,21H,2,4,12-15,19H2,1,3H3,(H,42,46)(H,43,49)(H,47,48). The maximum absolute atomic E-state index is 14.5. The van der Waals surface area contributed by atoms with Crippen LogP contribution in [0.2, 0.25) is 10.0 Å². The SMILES string of the molecule is C=C1N(c2cc(Cl)cc(Cl)c2)C(=O)C(C)(Cc2ccc(C#N)cc2)N1C(=CCC)C(=O)NC1(C(=O)NC2(c3ccc(C(=O)O)cn3)CC2)CC1. The van der Waals surface area contributed by atoms with Crippen LogP contribution in [-0.4, -0.2) is 49.8 Å². The van der Waals surface area contributed by atoms with Crippen molar-refractivity contribution in [1.82, 2.24) is 20.5 Å². The van der Waals surface area contributed by atoms with E-state index in [1.165, 1.54) is 17.2 Å². The van der Waals surface area contributed by atoms with E-state index in [2.05, 4.69) is 28.3 Å². The summed E-state index contributed by atoms with van der Waals surface area (Å²) >= 11 is 12.7. The van der Waals surface area contributed by atoms with Crippen molar-refractivity contribution in [3.63, 3.8) is 0 Å². The Labute approximate surface area is 299 Å². The van der Waals surface area contributed by atoms with E-state index in [-0.39, 0.29) is 35.3 Å². The average Bonchev–Trinajstić information content (AvgIpc) is 4.01. The molecule has 256 valence electrons. The van der Waals surface area contributed by atoms with Gasteiger partial charge in [0.15, 0.2) is 0 Å². The first-order chi connectivity index (χ1) is 23.8. The van der Waals surface area contributed by atoms with Crippen LogP contribution in [0.15, 0.2) is 85.0 Å². The first-order valence-corrected chi connectivity index (χ1v) is 16.9. The van der Waals surface area contributed by atoms with Crippen molar-refractivity contribution in [3.05, 3.63) is 117 Å². The molecular formula is C37H34Cl2N6O5. The third kappa shape index (κ3) is 6.32. The molecule has 6 rings (SSSR count). The van der Waals surface area contributed by atoms with Crippen LogP contribution in [0.3, 0.4) is 0 Å². The van der Waals surface area contributed by atoms with E-state index in [0.717, 1.165) is 5.56 Å². The average molecular weight is 714 g/mol. The fourth-order valence-corrected chi connectivity index (χ4v) is 6.95. The van der Waals surface area contributed by atoms with Crippen molar-refractivity contribution in [2.24, 2.45) is 0 Å². The smallest absolute Gasteiger partial charge is 0.337 e. The predicted molar refractivity (Wildman–Crippen MR) is 187 cm³/mol. The van der Waals surface area contributed by atoms with Gasteiger partial charge in [0.05, 0.1) is 34.1 Å². The van der Waals surface area contributed by atoms with Gasteiger partial charge in [0.1, 0.15) is 22.6 Å². The molecule has 0 radical (unpaired) electrons. The molecule has 2 aliphatic carbocycles. The number of aromatic nitrogens is 1. The van der Waals surface area contributed by atoms with Crippen molar-refractivity contribution in [3.8, 4) is 6.07 Å². The van der Waals surface area contributed by atoms with Crippen LogP contribution < -0.4 is 15.5 Å². The second-order valence-corrected chi connectivity index (χ2v) is 14.0. The van der Waals surface area contributed by atoms with Gasteiger partial charge < -0.3 is 20.6 Å². The van der Waals surface area contributed by atoms with E-state index < -0.39 is 28.5 Å². The number of carboxylic acid groups (broad SMARTS) is 1. The molecule has 2 aromatic carbocycles. The minimum Gasteiger partial charge on any atom is -0.478 e. The molecule has 2 saturated carbocycles. The molecule has 13 heteroatoms. The molecule has 1 aromatic heterocycles. The molecule has 3 amide bonds. The highest BCUT2D eigenvalue weighted by atomic mass is 35.5. The minimum atomic E-state index is -1.37. The van der Waals surface area contributed by atoms with Crippen molar-refractivity contribution in [1.29, 1.82) is 5.26 Å². The molecule has 1 atom stereocenters. The predicted octanol–water partition coefficient (Wildman–Crippen LogP) is 5.83. The highest BCUT2D eigenvalue weighted by molar-refractivity contribution is 6.35. The Hall–Kier alpha value is -5.18. The van der Waals surface area contributed by atoms with Crippen molar-refractivity contribution in [2.45, 2.75) is 69.0 Å². The van der Waals surface area contributed by atoms with Crippen molar-refractivity contribution < 1.29 is 24.3 Å². The lowest BCUT2D eigenvalue weighted by molar-refractivity contribution is -0.130. The van der Waals surface area contributed by atoms with E-state index in [1.54, 1.807) is 66.4 Å². The number of carboxylic acids is 1. The summed E-state index contributed by atoms with van der Waals surface area (Å²) in [6.45, 7) is 7.85. The molecular weight excluding hydrogens is 679 g/mol. The Bertz CT molecular complexity index is 1980. The number of nitriles is 1. The van der Waals surface area contributed by atoms with Gasteiger partial charge in [-0.2, -0.15) is 5.26 Å². The number of amides is 3. The third-order valence-corrected chi connectivity index (χ3v) is 9.86. The molecule has 3 aromatic rings. The number of carbonyl (C=O) groups is 4. The summed E-state index contributed by atoms with van der Waals surface area (Å²) in [7, 11) is 0. The van der Waals surface area contributed by atoms with E-state index in [9.17, 15) is 29.5 Å². The number of carbonyl (C=O) groups excluding carboxylic acids is 3. The lowest BCUT2D eigenvalue weighted by Gasteiger charge is -2.35. The Morgan fingerprint density at radius 3 is 2.22 bits per heavy atom. The van der Waals surface area contributed by atoms with Gasteiger partial charge in [-0.3, -0.25) is 24.3 Å². The Morgan fingerprint density at radius 1 is 1.04 bits per heavy atom. The van der Waals surface area contributed by atoms with Gasteiger partial charge in [0.2, 0.25) is 5.91 Å². The molecule has 3 aliphatic rings. The number of benzene rings is 2. The molecule has 1 aliphatic heterocycles. The molecule has 3 N–H and O–H groups in total.